The van der Waals surface area contributed by atoms with Crippen LogP contribution >= 0.6 is 0 Å². The van der Waals surface area contributed by atoms with E-state index in [1.807, 2.05) is 24.3 Å². The summed E-state index contributed by atoms with van der Waals surface area (Å²) >= 11 is 0. The molecule has 3 heterocycles. The Morgan fingerprint density at radius 1 is 0.886 bits per heavy atom. The van der Waals surface area contributed by atoms with Gasteiger partial charge in [0, 0.05) is 42.2 Å². The Hall–Kier alpha value is -4.60. The van der Waals surface area contributed by atoms with Gasteiger partial charge in [0.1, 0.15) is 11.8 Å². The predicted octanol–water partition coefficient (Wildman–Crippen LogP) is 1.91. The van der Waals surface area contributed by atoms with Crippen LogP contribution in [0.2, 0.25) is 0 Å². The fourth-order valence-electron chi connectivity index (χ4n) is 3.45. The van der Waals surface area contributed by atoms with Crippen LogP contribution in [-0.2, 0) is 11.3 Å². The van der Waals surface area contributed by atoms with Crippen LogP contribution in [0.1, 0.15) is 13.0 Å². The van der Waals surface area contributed by atoms with E-state index in [0.717, 1.165) is 21.6 Å². The highest BCUT2D eigenvalue weighted by Crippen LogP contribution is 2.19. The van der Waals surface area contributed by atoms with Gasteiger partial charge in [0.25, 0.3) is 11.1 Å². The number of hydrogen-bond acceptors (Lipinski definition) is 7. The molecule has 0 radical (unpaired) electrons. The van der Waals surface area contributed by atoms with E-state index >= 15 is 0 Å². The van der Waals surface area contributed by atoms with Crippen molar-refractivity contribution in [1.82, 2.24) is 29.9 Å². The molecule has 4 rings (SSSR count). The van der Waals surface area contributed by atoms with E-state index in [1.165, 1.54) is 16.8 Å². The van der Waals surface area contributed by atoms with E-state index < -0.39 is 17.5 Å². The Bertz CT molecular complexity index is 1430. The minimum absolute atomic E-state index is 0.154. The first-order valence-electron chi connectivity index (χ1n) is 11.0. The van der Waals surface area contributed by atoms with Gasteiger partial charge in [-0.1, -0.05) is 0 Å². The summed E-state index contributed by atoms with van der Waals surface area (Å²) in [6.45, 7) is 1.91. The number of ether oxygens (including phenoxy) is 1. The van der Waals surface area contributed by atoms with Crippen molar-refractivity contribution in [2.45, 2.75) is 19.5 Å². The normalized spacial score (nSPS) is 11.6. The molecular weight excluding hydrogens is 448 g/mol. The largest absolute Gasteiger partial charge is 0.497 e. The summed E-state index contributed by atoms with van der Waals surface area (Å²) in [5.74, 6) is 0.324. The summed E-state index contributed by atoms with van der Waals surface area (Å²) in [4.78, 5) is 41.3. The van der Waals surface area contributed by atoms with E-state index in [1.54, 1.807) is 50.7 Å². The van der Waals surface area contributed by atoms with E-state index in [0.29, 0.717) is 11.4 Å². The van der Waals surface area contributed by atoms with Crippen molar-refractivity contribution in [2.75, 3.05) is 13.7 Å². The number of benzene rings is 1. The molecule has 0 fully saturated rings. The lowest BCUT2D eigenvalue weighted by atomic mass is 10.1. The molecule has 35 heavy (non-hydrogen) atoms. The Morgan fingerprint density at radius 2 is 1.51 bits per heavy atom. The molecule has 0 aliphatic carbocycles. The van der Waals surface area contributed by atoms with Gasteiger partial charge >= 0.3 is 0 Å². The zero-order valence-electron chi connectivity index (χ0n) is 19.3. The predicted molar refractivity (Wildman–Crippen MR) is 130 cm³/mol. The van der Waals surface area contributed by atoms with Crippen molar-refractivity contribution in [2.24, 2.45) is 0 Å². The molecule has 3 aromatic heterocycles. The van der Waals surface area contributed by atoms with Crippen LogP contribution in [0, 0.1) is 0 Å². The summed E-state index contributed by atoms with van der Waals surface area (Å²) in [5.41, 5.74) is 2.11. The lowest BCUT2D eigenvalue weighted by Crippen LogP contribution is -2.39. The van der Waals surface area contributed by atoms with Gasteiger partial charge in [-0.05, 0) is 55.5 Å². The van der Waals surface area contributed by atoms with Crippen LogP contribution in [0.3, 0.4) is 0 Å². The SMILES string of the molecule is COc1ccc(-c2ccc(=O)n(CCNC(=O)C(C)n3nc(-c4ccncc4)ccc3=O)n2)cc1. The molecule has 0 saturated carbocycles. The molecule has 10 nitrogen and oxygen atoms in total. The number of carbonyl (C=O) groups excluding carboxylic acids is 1. The molecular formula is C25H24N6O4. The zero-order chi connectivity index (χ0) is 24.8. The van der Waals surface area contributed by atoms with Crippen molar-refractivity contribution in [3.63, 3.8) is 0 Å². The number of rotatable bonds is 8. The maximum atomic E-state index is 12.7. The van der Waals surface area contributed by atoms with Gasteiger partial charge in [-0.15, -0.1) is 0 Å². The third-order valence-corrected chi connectivity index (χ3v) is 5.42. The third kappa shape index (κ3) is 5.49. The molecule has 1 atom stereocenters. The molecule has 10 heteroatoms. The van der Waals surface area contributed by atoms with E-state index in [-0.39, 0.29) is 18.6 Å². The lowest BCUT2D eigenvalue weighted by molar-refractivity contribution is -0.124. The number of methoxy groups -OCH3 is 1. The van der Waals surface area contributed by atoms with Gasteiger partial charge in [0.2, 0.25) is 5.91 Å². The highest BCUT2D eigenvalue weighted by Gasteiger charge is 2.18. The van der Waals surface area contributed by atoms with Crippen molar-refractivity contribution in [3.05, 3.63) is 93.8 Å². The Labute approximate surface area is 200 Å². The second-order valence-electron chi connectivity index (χ2n) is 7.71. The Kier molecular flexibility index (Phi) is 7.10. The van der Waals surface area contributed by atoms with Crippen molar-refractivity contribution < 1.29 is 9.53 Å². The summed E-state index contributed by atoms with van der Waals surface area (Å²) < 4.78 is 7.60. The van der Waals surface area contributed by atoms with Gasteiger partial charge < -0.3 is 10.1 Å². The minimum atomic E-state index is -0.848. The Balaban J connectivity index is 1.43. The Morgan fingerprint density at radius 3 is 2.20 bits per heavy atom. The lowest BCUT2D eigenvalue weighted by Gasteiger charge is -2.15. The molecule has 178 valence electrons. The summed E-state index contributed by atoms with van der Waals surface area (Å²) in [6.07, 6.45) is 3.25. The van der Waals surface area contributed by atoms with Gasteiger partial charge in [-0.3, -0.25) is 19.4 Å². The minimum Gasteiger partial charge on any atom is -0.497 e. The molecule has 1 amide bonds. The second-order valence-corrected chi connectivity index (χ2v) is 7.71. The number of amides is 1. The highest BCUT2D eigenvalue weighted by molar-refractivity contribution is 5.79. The smallest absolute Gasteiger partial charge is 0.267 e. The van der Waals surface area contributed by atoms with Crippen molar-refractivity contribution >= 4 is 5.91 Å². The molecule has 0 saturated heterocycles. The van der Waals surface area contributed by atoms with Crippen LogP contribution in [0.15, 0.2) is 82.6 Å². The molecule has 4 aromatic rings. The fraction of sp³-hybridized carbons (Fsp3) is 0.200. The van der Waals surface area contributed by atoms with Gasteiger partial charge in [-0.25, -0.2) is 9.36 Å². The van der Waals surface area contributed by atoms with E-state index in [9.17, 15) is 14.4 Å². The average molecular weight is 473 g/mol. The summed E-state index contributed by atoms with van der Waals surface area (Å²) in [6, 6.07) is 16.1. The standard InChI is InChI=1S/C25H24N6O4/c1-17(31-24(33)10-8-22(29-31)19-11-13-26-14-12-19)25(34)27-15-16-30-23(32)9-7-21(28-30)18-3-5-20(35-2)6-4-18/h3-14,17H,15-16H2,1-2H3,(H,27,34). The molecule has 1 unspecified atom stereocenters. The van der Waals surface area contributed by atoms with E-state index in [2.05, 4.69) is 20.5 Å². The third-order valence-electron chi connectivity index (χ3n) is 5.42. The number of nitrogens with zero attached hydrogens (tertiary/aromatic N) is 5. The van der Waals surface area contributed by atoms with Gasteiger partial charge in [0.15, 0.2) is 0 Å². The maximum absolute atomic E-state index is 12.7. The molecule has 0 aliphatic heterocycles. The average Bonchev–Trinajstić information content (AvgIpc) is 2.90. The monoisotopic (exact) mass is 472 g/mol. The number of aromatic nitrogens is 5. The first-order chi connectivity index (χ1) is 17.0. The molecule has 0 spiro atoms. The number of nitrogens with one attached hydrogen (secondary N) is 1. The molecule has 0 bridgehead atoms. The number of hydrogen-bond donors (Lipinski definition) is 1. The summed E-state index contributed by atoms with van der Waals surface area (Å²) in [5, 5.41) is 11.5. The first kappa shape index (κ1) is 23.6. The first-order valence-corrected chi connectivity index (χ1v) is 11.0. The number of pyridine rings is 1. The fourth-order valence-corrected chi connectivity index (χ4v) is 3.45. The maximum Gasteiger partial charge on any atom is 0.267 e. The topological polar surface area (TPSA) is 121 Å². The van der Waals surface area contributed by atoms with Crippen LogP contribution in [0.25, 0.3) is 22.5 Å². The molecule has 0 aliphatic rings. The zero-order valence-corrected chi connectivity index (χ0v) is 19.3. The quantitative estimate of drug-likeness (QED) is 0.416. The summed E-state index contributed by atoms with van der Waals surface area (Å²) in [7, 11) is 1.59. The van der Waals surface area contributed by atoms with Crippen LogP contribution in [0.4, 0.5) is 0 Å². The second kappa shape index (κ2) is 10.6. The van der Waals surface area contributed by atoms with Gasteiger partial charge in [0.05, 0.1) is 25.0 Å². The van der Waals surface area contributed by atoms with Crippen LogP contribution in [0.5, 0.6) is 5.75 Å². The number of carbonyl (C=O) groups is 1. The molecule has 1 N–H and O–H groups in total. The van der Waals surface area contributed by atoms with Crippen molar-refractivity contribution in [1.29, 1.82) is 0 Å². The van der Waals surface area contributed by atoms with Gasteiger partial charge in [-0.2, -0.15) is 10.2 Å². The highest BCUT2D eigenvalue weighted by atomic mass is 16.5. The van der Waals surface area contributed by atoms with Crippen LogP contribution in [-0.4, -0.2) is 44.1 Å². The molecule has 1 aromatic carbocycles. The van der Waals surface area contributed by atoms with Crippen molar-refractivity contribution in [3.8, 4) is 28.3 Å². The van der Waals surface area contributed by atoms with E-state index in [4.69, 9.17) is 4.74 Å². The van der Waals surface area contributed by atoms with Crippen LogP contribution < -0.4 is 21.2 Å².